The summed E-state index contributed by atoms with van der Waals surface area (Å²) in [5.74, 6) is 0.273. The predicted octanol–water partition coefficient (Wildman–Crippen LogP) is 2.44. The van der Waals surface area contributed by atoms with E-state index in [-0.39, 0.29) is 18.0 Å². The van der Waals surface area contributed by atoms with Crippen LogP contribution < -0.4 is 10.5 Å². The first-order chi connectivity index (χ1) is 9.61. The summed E-state index contributed by atoms with van der Waals surface area (Å²) in [5, 5.41) is 11.0. The van der Waals surface area contributed by atoms with Crippen LogP contribution in [0.25, 0.3) is 0 Å². The highest BCUT2D eigenvalue weighted by Gasteiger charge is 2.15. The van der Waals surface area contributed by atoms with E-state index >= 15 is 0 Å². The SMILES string of the molecule is Cc1ncsc1CCOc1ccc(CN)cc1[N+](=O)[O-]. The lowest BCUT2D eigenvalue weighted by atomic mass is 10.2. The number of nitro groups is 1. The molecule has 0 bridgehead atoms. The van der Waals surface area contributed by atoms with E-state index in [9.17, 15) is 10.1 Å². The largest absolute Gasteiger partial charge is 0.486 e. The smallest absolute Gasteiger partial charge is 0.311 e. The fraction of sp³-hybridized carbons (Fsp3) is 0.308. The lowest BCUT2D eigenvalue weighted by Gasteiger charge is -2.07. The maximum atomic E-state index is 11.0. The molecule has 1 heterocycles. The van der Waals surface area contributed by atoms with Gasteiger partial charge in [0.15, 0.2) is 5.75 Å². The van der Waals surface area contributed by atoms with Crippen molar-refractivity contribution in [2.24, 2.45) is 5.73 Å². The van der Waals surface area contributed by atoms with E-state index in [2.05, 4.69) is 4.98 Å². The lowest BCUT2D eigenvalue weighted by molar-refractivity contribution is -0.385. The summed E-state index contributed by atoms with van der Waals surface area (Å²) in [6.07, 6.45) is 0.687. The lowest BCUT2D eigenvalue weighted by Crippen LogP contribution is -2.05. The van der Waals surface area contributed by atoms with Gasteiger partial charge in [-0.05, 0) is 18.6 Å². The normalized spacial score (nSPS) is 10.5. The van der Waals surface area contributed by atoms with E-state index < -0.39 is 4.92 Å². The van der Waals surface area contributed by atoms with Gasteiger partial charge in [0.2, 0.25) is 0 Å². The minimum Gasteiger partial charge on any atom is -0.486 e. The minimum absolute atomic E-state index is 0.0472. The van der Waals surface area contributed by atoms with Gasteiger partial charge in [0, 0.05) is 23.9 Å². The van der Waals surface area contributed by atoms with Crippen LogP contribution in [-0.2, 0) is 13.0 Å². The Balaban J connectivity index is 2.05. The Morgan fingerprint density at radius 3 is 2.90 bits per heavy atom. The summed E-state index contributed by atoms with van der Waals surface area (Å²) in [6.45, 7) is 2.58. The molecule has 2 rings (SSSR count). The first kappa shape index (κ1) is 14.4. The molecule has 0 spiro atoms. The molecule has 20 heavy (non-hydrogen) atoms. The number of rotatable bonds is 6. The molecule has 1 aromatic carbocycles. The minimum atomic E-state index is -0.452. The van der Waals surface area contributed by atoms with Gasteiger partial charge in [0.25, 0.3) is 0 Å². The summed E-state index contributed by atoms with van der Waals surface area (Å²) in [7, 11) is 0. The number of aromatic nitrogens is 1. The van der Waals surface area contributed by atoms with Crippen molar-refractivity contribution in [1.82, 2.24) is 4.98 Å². The van der Waals surface area contributed by atoms with Gasteiger partial charge in [-0.2, -0.15) is 0 Å². The van der Waals surface area contributed by atoms with Gasteiger partial charge in [-0.15, -0.1) is 11.3 Å². The zero-order chi connectivity index (χ0) is 14.5. The van der Waals surface area contributed by atoms with Crippen LogP contribution >= 0.6 is 11.3 Å². The van der Waals surface area contributed by atoms with Crippen molar-refractivity contribution < 1.29 is 9.66 Å². The van der Waals surface area contributed by atoms with Crippen LogP contribution in [0, 0.1) is 17.0 Å². The molecule has 0 saturated carbocycles. The summed E-state index contributed by atoms with van der Waals surface area (Å²) in [5.41, 5.74) is 8.90. The number of nitro benzene ring substituents is 1. The maximum Gasteiger partial charge on any atom is 0.311 e. The number of aryl methyl sites for hydroxylation is 1. The van der Waals surface area contributed by atoms with Gasteiger partial charge in [0.05, 0.1) is 22.7 Å². The van der Waals surface area contributed by atoms with E-state index in [1.54, 1.807) is 29.0 Å². The Morgan fingerprint density at radius 1 is 1.50 bits per heavy atom. The number of nitrogens with zero attached hydrogens (tertiary/aromatic N) is 2. The monoisotopic (exact) mass is 293 g/mol. The Morgan fingerprint density at radius 2 is 2.30 bits per heavy atom. The number of hydrogen-bond acceptors (Lipinski definition) is 6. The molecular formula is C13H15N3O3S. The highest BCUT2D eigenvalue weighted by Crippen LogP contribution is 2.28. The fourth-order valence-electron chi connectivity index (χ4n) is 1.77. The molecule has 0 aliphatic rings. The van der Waals surface area contributed by atoms with Crippen molar-refractivity contribution in [3.8, 4) is 5.75 Å². The van der Waals surface area contributed by atoms with Crippen LogP contribution in [0.4, 0.5) is 5.69 Å². The van der Waals surface area contributed by atoms with Gasteiger partial charge in [0.1, 0.15) is 0 Å². The number of ether oxygens (including phenoxy) is 1. The first-order valence-electron chi connectivity index (χ1n) is 6.11. The van der Waals surface area contributed by atoms with E-state index in [1.807, 2.05) is 6.92 Å². The third-order valence-electron chi connectivity index (χ3n) is 2.89. The van der Waals surface area contributed by atoms with Gasteiger partial charge >= 0.3 is 5.69 Å². The summed E-state index contributed by atoms with van der Waals surface area (Å²) >= 11 is 1.56. The third kappa shape index (κ3) is 3.31. The van der Waals surface area contributed by atoms with Gasteiger partial charge in [-0.3, -0.25) is 10.1 Å². The second-order valence-electron chi connectivity index (χ2n) is 4.22. The molecule has 0 aliphatic carbocycles. The molecule has 0 amide bonds. The van der Waals surface area contributed by atoms with Crippen molar-refractivity contribution in [2.45, 2.75) is 19.9 Å². The molecule has 0 radical (unpaired) electrons. The number of benzene rings is 1. The molecule has 0 atom stereocenters. The molecule has 6 nitrogen and oxygen atoms in total. The van der Waals surface area contributed by atoms with Gasteiger partial charge in [-0.1, -0.05) is 6.07 Å². The van der Waals surface area contributed by atoms with Crippen LogP contribution in [0.2, 0.25) is 0 Å². The fourth-order valence-corrected chi connectivity index (χ4v) is 2.54. The Kier molecular flexibility index (Phi) is 4.65. The van der Waals surface area contributed by atoms with E-state index in [0.29, 0.717) is 18.6 Å². The molecule has 2 N–H and O–H groups in total. The molecule has 0 unspecified atom stereocenters. The van der Waals surface area contributed by atoms with E-state index in [4.69, 9.17) is 10.5 Å². The van der Waals surface area contributed by atoms with Crippen LogP contribution in [0.15, 0.2) is 23.7 Å². The average molecular weight is 293 g/mol. The Labute approximate surface area is 120 Å². The first-order valence-corrected chi connectivity index (χ1v) is 6.99. The quantitative estimate of drug-likeness (QED) is 0.652. The van der Waals surface area contributed by atoms with Gasteiger partial charge < -0.3 is 10.5 Å². The van der Waals surface area contributed by atoms with E-state index in [1.165, 1.54) is 6.07 Å². The van der Waals surface area contributed by atoms with Crippen molar-refractivity contribution in [1.29, 1.82) is 0 Å². The molecule has 0 fully saturated rings. The summed E-state index contributed by atoms with van der Waals surface area (Å²) < 4.78 is 5.52. The Hall–Kier alpha value is -1.99. The van der Waals surface area contributed by atoms with Crippen molar-refractivity contribution in [3.63, 3.8) is 0 Å². The zero-order valence-corrected chi connectivity index (χ0v) is 11.9. The highest BCUT2D eigenvalue weighted by molar-refractivity contribution is 7.09. The van der Waals surface area contributed by atoms with Crippen molar-refractivity contribution >= 4 is 17.0 Å². The number of hydrogen-bond donors (Lipinski definition) is 1. The molecular weight excluding hydrogens is 278 g/mol. The molecule has 2 aromatic rings. The summed E-state index contributed by atoms with van der Waals surface area (Å²) in [4.78, 5) is 15.8. The molecule has 0 saturated heterocycles. The van der Waals surface area contributed by atoms with Crippen LogP contribution in [0.5, 0.6) is 5.75 Å². The zero-order valence-electron chi connectivity index (χ0n) is 11.0. The highest BCUT2D eigenvalue weighted by atomic mass is 32.1. The number of nitrogens with two attached hydrogens (primary N) is 1. The molecule has 0 aliphatic heterocycles. The second kappa shape index (κ2) is 6.44. The number of thiazole rings is 1. The van der Waals surface area contributed by atoms with Gasteiger partial charge in [-0.25, -0.2) is 4.98 Å². The standard InChI is InChI=1S/C13H15N3O3S/c1-9-13(20-8-15-9)4-5-19-12-3-2-10(7-14)6-11(12)16(17)18/h2-3,6,8H,4-5,7,14H2,1H3. The van der Waals surface area contributed by atoms with Crippen molar-refractivity contribution in [3.05, 3.63) is 50.0 Å². The third-order valence-corrected chi connectivity index (χ3v) is 3.88. The molecule has 106 valence electrons. The average Bonchev–Trinajstić information content (AvgIpc) is 2.84. The second-order valence-corrected chi connectivity index (χ2v) is 5.16. The van der Waals surface area contributed by atoms with Crippen LogP contribution in [-0.4, -0.2) is 16.5 Å². The van der Waals surface area contributed by atoms with Crippen LogP contribution in [0.3, 0.4) is 0 Å². The van der Waals surface area contributed by atoms with Crippen LogP contribution in [0.1, 0.15) is 16.1 Å². The van der Waals surface area contributed by atoms with E-state index in [0.717, 1.165) is 10.6 Å². The topological polar surface area (TPSA) is 91.3 Å². The summed E-state index contributed by atoms with van der Waals surface area (Å²) in [6, 6.07) is 4.79. The predicted molar refractivity (Wildman–Crippen MR) is 77.0 cm³/mol. The molecule has 7 heteroatoms. The van der Waals surface area contributed by atoms with Crippen molar-refractivity contribution in [2.75, 3.05) is 6.61 Å². The Bertz CT molecular complexity index is 613. The molecule has 1 aromatic heterocycles. The maximum absolute atomic E-state index is 11.0.